The van der Waals surface area contributed by atoms with E-state index in [0.29, 0.717) is 36.8 Å². The van der Waals surface area contributed by atoms with Crippen molar-refractivity contribution >= 4 is 39.8 Å². The number of pyridine rings is 1. The minimum atomic E-state index is -0.716. The monoisotopic (exact) mass is 558 g/mol. The molecule has 1 saturated carbocycles. The molecule has 210 valence electrons. The van der Waals surface area contributed by atoms with Gasteiger partial charge >= 0.3 is 12.2 Å². The number of ether oxygens (including phenoxy) is 4. The molecule has 3 amide bonds. The lowest BCUT2D eigenvalue weighted by Gasteiger charge is -2.42. The summed E-state index contributed by atoms with van der Waals surface area (Å²) in [6.45, 7) is 0.967. The lowest BCUT2D eigenvalue weighted by molar-refractivity contribution is -0.122. The van der Waals surface area contributed by atoms with Crippen LogP contribution in [-0.2, 0) is 25.6 Å². The SMILES string of the molecule is CS(C)(C)CCOCN1C(=O)COc2ccc(N3C[C@]4(C[C@H](NC(=O)OCc5ccccc5)C4)OC3=O)nc21. The number of alkyl carbamates (subject to hydrolysis) is 1. The van der Waals surface area contributed by atoms with Crippen molar-refractivity contribution in [3.05, 3.63) is 48.0 Å². The second-order valence-corrected chi connectivity index (χ2v) is 15.5. The van der Waals surface area contributed by atoms with Crippen LogP contribution in [0.25, 0.3) is 0 Å². The summed E-state index contributed by atoms with van der Waals surface area (Å²) in [5, 5.41) is 2.83. The molecule has 5 rings (SSSR count). The Morgan fingerprint density at radius 3 is 2.67 bits per heavy atom. The molecule has 1 aromatic carbocycles. The number of hydrogen-bond donors (Lipinski definition) is 1. The molecule has 0 bridgehead atoms. The minimum Gasteiger partial charge on any atom is -0.480 e. The third kappa shape index (κ3) is 6.39. The first-order chi connectivity index (χ1) is 18.6. The molecule has 2 aromatic rings. The largest absolute Gasteiger partial charge is 0.480 e. The second kappa shape index (κ2) is 10.9. The molecule has 1 saturated heterocycles. The lowest BCUT2D eigenvalue weighted by atomic mass is 9.75. The van der Waals surface area contributed by atoms with Crippen LogP contribution in [0.3, 0.4) is 0 Å². The summed E-state index contributed by atoms with van der Waals surface area (Å²) in [4.78, 5) is 45.1. The van der Waals surface area contributed by atoms with E-state index in [4.69, 9.17) is 18.9 Å². The number of nitrogens with zero attached hydrogens (tertiary/aromatic N) is 3. The lowest BCUT2D eigenvalue weighted by Crippen LogP contribution is -2.57. The van der Waals surface area contributed by atoms with Crippen molar-refractivity contribution < 1.29 is 33.3 Å². The Hall–Kier alpha value is -3.51. The fourth-order valence-electron chi connectivity index (χ4n) is 4.70. The maximum atomic E-state index is 12.8. The van der Waals surface area contributed by atoms with Gasteiger partial charge < -0.3 is 24.3 Å². The first-order valence-electron chi connectivity index (χ1n) is 12.8. The van der Waals surface area contributed by atoms with Crippen molar-refractivity contribution in [1.82, 2.24) is 10.3 Å². The number of fused-ring (bicyclic) bond motifs is 1. The zero-order valence-corrected chi connectivity index (χ0v) is 23.2. The zero-order valence-electron chi connectivity index (χ0n) is 22.4. The number of benzene rings is 1. The molecule has 0 atom stereocenters. The highest BCUT2D eigenvalue weighted by molar-refractivity contribution is 8.32. The summed E-state index contributed by atoms with van der Waals surface area (Å²) in [6, 6.07) is 12.6. The number of hydrogen-bond acceptors (Lipinski definition) is 8. The predicted molar refractivity (Wildman–Crippen MR) is 148 cm³/mol. The molecular weight excluding hydrogens is 524 g/mol. The van der Waals surface area contributed by atoms with E-state index in [1.165, 1.54) is 9.80 Å². The number of aromatic nitrogens is 1. The number of carbonyl (C=O) groups is 3. The van der Waals surface area contributed by atoms with Crippen molar-refractivity contribution in [2.75, 3.05) is 60.8 Å². The summed E-state index contributed by atoms with van der Waals surface area (Å²) < 4.78 is 22.3. The highest BCUT2D eigenvalue weighted by Gasteiger charge is 2.55. The van der Waals surface area contributed by atoms with Gasteiger partial charge in [0.25, 0.3) is 5.91 Å². The van der Waals surface area contributed by atoms with Gasteiger partial charge in [-0.3, -0.25) is 14.6 Å². The Bertz CT molecular complexity index is 1230. The molecule has 2 fully saturated rings. The van der Waals surface area contributed by atoms with Gasteiger partial charge in [-0.05, 0) is 36.5 Å². The van der Waals surface area contributed by atoms with Gasteiger partial charge in [-0.15, -0.1) is 0 Å². The highest BCUT2D eigenvalue weighted by atomic mass is 32.3. The molecule has 0 radical (unpaired) electrons. The van der Waals surface area contributed by atoms with E-state index < -0.39 is 27.8 Å². The molecule has 3 aliphatic rings. The van der Waals surface area contributed by atoms with Gasteiger partial charge in [0.2, 0.25) is 0 Å². The van der Waals surface area contributed by atoms with E-state index in [1.54, 1.807) is 12.1 Å². The van der Waals surface area contributed by atoms with E-state index in [-0.39, 0.29) is 38.4 Å². The zero-order chi connectivity index (χ0) is 27.6. The van der Waals surface area contributed by atoms with Crippen LogP contribution in [0.5, 0.6) is 5.75 Å². The normalized spacial score (nSPS) is 22.6. The molecule has 0 unspecified atom stereocenters. The number of amides is 3. The van der Waals surface area contributed by atoms with Gasteiger partial charge in [0, 0.05) is 24.6 Å². The van der Waals surface area contributed by atoms with Crippen molar-refractivity contribution in [2.24, 2.45) is 0 Å². The average molecular weight is 559 g/mol. The molecule has 39 heavy (non-hydrogen) atoms. The van der Waals surface area contributed by atoms with Crippen molar-refractivity contribution in [2.45, 2.75) is 31.1 Å². The van der Waals surface area contributed by atoms with E-state index in [0.717, 1.165) is 11.3 Å². The molecule has 12 heteroatoms. The fraction of sp³-hybridized carbons (Fsp3) is 0.481. The van der Waals surface area contributed by atoms with Crippen molar-refractivity contribution in [3.8, 4) is 5.75 Å². The van der Waals surface area contributed by atoms with Crippen LogP contribution < -0.4 is 19.9 Å². The molecule has 11 nitrogen and oxygen atoms in total. The van der Waals surface area contributed by atoms with Gasteiger partial charge in [-0.2, -0.15) is 0 Å². The Balaban J connectivity index is 1.17. The summed E-state index contributed by atoms with van der Waals surface area (Å²) >= 11 is 0. The Morgan fingerprint density at radius 1 is 1.15 bits per heavy atom. The first-order valence-corrected chi connectivity index (χ1v) is 15.8. The van der Waals surface area contributed by atoms with E-state index >= 15 is 0 Å². The summed E-state index contributed by atoms with van der Waals surface area (Å²) in [7, 11) is -0.716. The van der Waals surface area contributed by atoms with Crippen LogP contribution in [0.15, 0.2) is 42.5 Å². The molecule has 2 aliphatic heterocycles. The van der Waals surface area contributed by atoms with Gasteiger partial charge in [-0.25, -0.2) is 24.6 Å². The van der Waals surface area contributed by atoms with E-state index in [1.807, 2.05) is 30.3 Å². The maximum Gasteiger partial charge on any atom is 0.416 e. The van der Waals surface area contributed by atoms with Crippen LogP contribution in [-0.4, -0.2) is 85.7 Å². The van der Waals surface area contributed by atoms with Crippen LogP contribution in [0.2, 0.25) is 0 Å². The topological polar surface area (TPSA) is 120 Å². The molecule has 3 heterocycles. The third-order valence-corrected chi connectivity index (χ3v) is 8.20. The summed E-state index contributed by atoms with van der Waals surface area (Å²) in [5.74, 6) is 1.79. The van der Waals surface area contributed by atoms with Gasteiger partial charge in [0.15, 0.2) is 18.2 Å². The fourth-order valence-corrected chi connectivity index (χ4v) is 5.32. The number of anilines is 2. The quantitative estimate of drug-likeness (QED) is 0.466. The van der Waals surface area contributed by atoms with E-state index in [9.17, 15) is 14.4 Å². The molecule has 1 aromatic heterocycles. The molecular formula is C27H34N4O7S. The third-order valence-electron chi connectivity index (χ3n) is 6.81. The Labute approximate surface area is 229 Å². The number of rotatable bonds is 9. The second-order valence-electron chi connectivity index (χ2n) is 10.9. The van der Waals surface area contributed by atoms with Gasteiger partial charge in [0.1, 0.15) is 24.8 Å². The van der Waals surface area contributed by atoms with Crippen LogP contribution in [0, 0.1) is 0 Å². The Morgan fingerprint density at radius 2 is 1.92 bits per heavy atom. The number of nitrogens with one attached hydrogen (secondary N) is 1. The van der Waals surface area contributed by atoms with Crippen LogP contribution in [0.1, 0.15) is 18.4 Å². The smallest absolute Gasteiger partial charge is 0.416 e. The van der Waals surface area contributed by atoms with Crippen molar-refractivity contribution in [3.63, 3.8) is 0 Å². The molecule has 1 N–H and O–H groups in total. The maximum absolute atomic E-state index is 12.8. The highest BCUT2D eigenvalue weighted by Crippen LogP contribution is 2.43. The standard InChI is InChI=1S/C27H34N4O7S/c1-39(2,3)12-11-35-18-31-23(32)16-36-21-9-10-22(29-24(21)31)30-17-27(38-26(30)34)13-20(14-27)28-25(33)37-15-19-7-5-4-6-8-19/h4-10,20H,11-18H2,1-3H3,(H,28,33)/t20-,27+. The van der Waals surface area contributed by atoms with Crippen molar-refractivity contribution in [1.29, 1.82) is 0 Å². The summed E-state index contributed by atoms with van der Waals surface area (Å²) in [5.41, 5.74) is 0.190. The number of carbonyl (C=O) groups excluding carboxylic acids is 3. The van der Waals surface area contributed by atoms with E-state index in [2.05, 4.69) is 29.1 Å². The average Bonchev–Trinajstić information content (AvgIpc) is 3.23. The molecule has 1 spiro atoms. The van der Waals surface area contributed by atoms with Gasteiger partial charge in [0.05, 0.1) is 13.2 Å². The van der Waals surface area contributed by atoms with Gasteiger partial charge in [-0.1, -0.05) is 30.3 Å². The first kappa shape index (κ1) is 27.1. The Kier molecular flexibility index (Phi) is 7.59. The minimum absolute atomic E-state index is 0.0588. The molecule has 1 aliphatic carbocycles. The van der Waals surface area contributed by atoms with Crippen LogP contribution in [0.4, 0.5) is 21.2 Å². The van der Waals surface area contributed by atoms with Crippen LogP contribution >= 0.6 is 10.0 Å². The summed E-state index contributed by atoms with van der Waals surface area (Å²) in [6.07, 6.45) is 6.53. The predicted octanol–water partition coefficient (Wildman–Crippen LogP) is 3.26.